The predicted octanol–water partition coefficient (Wildman–Crippen LogP) is 4.79. The van der Waals surface area contributed by atoms with Gasteiger partial charge in [-0.05, 0) is 71.7 Å². The molecule has 1 aromatic rings. The number of hydrogen-bond donors (Lipinski definition) is 1. The van der Waals surface area contributed by atoms with Crippen LogP contribution >= 0.6 is 34.2 Å². The lowest BCUT2D eigenvalue weighted by molar-refractivity contribution is 0.373. The molecule has 2 rings (SSSR count). The Morgan fingerprint density at radius 1 is 1.41 bits per heavy atom. The topological polar surface area (TPSA) is 12.0 Å². The quantitative estimate of drug-likeness (QED) is 0.759. The van der Waals surface area contributed by atoms with Gasteiger partial charge in [0.1, 0.15) is 0 Å². The van der Waals surface area contributed by atoms with E-state index in [2.05, 4.69) is 47.0 Å². The van der Waals surface area contributed by atoms with Crippen molar-refractivity contribution in [1.29, 1.82) is 0 Å². The number of benzene rings is 1. The molecule has 0 aromatic heterocycles. The fraction of sp³-hybridized carbons (Fsp3) is 0.571. The van der Waals surface area contributed by atoms with Crippen LogP contribution in [-0.4, -0.2) is 6.54 Å². The van der Waals surface area contributed by atoms with Gasteiger partial charge in [-0.1, -0.05) is 31.4 Å². The van der Waals surface area contributed by atoms with E-state index >= 15 is 0 Å². The van der Waals surface area contributed by atoms with Gasteiger partial charge < -0.3 is 5.32 Å². The van der Waals surface area contributed by atoms with Crippen LogP contribution in [0.2, 0.25) is 5.02 Å². The lowest BCUT2D eigenvalue weighted by atomic mass is 9.91. The summed E-state index contributed by atoms with van der Waals surface area (Å²) in [6, 6.07) is 6.71. The maximum absolute atomic E-state index is 6.14. The third-order valence-electron chi connectivity index (χ3n) is 3.59. The highest BCUT2D eigenvalue weighted by molar-refractivity contribution is 14.1. The molecule has 0 aliphatic heterocycles. The lowest BCUT2D eigenvalue weighted by Crippen LogP contribution is -2.27. The monoisotopic (exact) mass is 363 g/mol. The van der Waals surface area contributed by atoms with Crippen LogP contribution in [0.4, 0.5) is 0 Å². The van der Waals surface area contributed by atoms with Crippen molar-refractivity contribution in [2.24, 2.45) is 5.92 Å². The Morgan fingerprint density at radius 3 is 2.76 bits per heavy atom. The zero-order valence-electron chi connectivity index (χ0n) is 10.2. The molecule has 0 bridgehead atoms. The molecule has 0 radical (unpaired) electrons. The molecule has 1 nitrogen and oxygen atoms in total. The first-order valence-corrected chi connectivity index (χ1v) is 7.86. The average Bonchev–Trinajstić information content (AvgIpc) is 2.83. The molecule has 0 amide bonds. The summed E-state index contributed by atoms with van der Waals surface area (Å²) in [6.07, 6.45) is 5.45. The largest absolute Gasteiger partial charge is 0.310 e. The Labute approximate surface area is 122 Å². The van der Waals surface area contributed by atoms with Gasteiger partial charge in [0, 0.05) is 14.6 Å². The van der Waals surface area contributed by atoms with E-state index in [0.29, 0.717) is 6.04 Å². The summed E-state index contributed by atoms with van der Waals surface area (Å²) >= 11 is 8.56. The van der Waals surface area contributed by atoms with Gasteiger partial charge in [-0.3, -0.25) is 0 Å². The number of rotatable bonds is 4. The first-order valence-electron chi connectivity index (χ1n) is 6.40. The summed E-state index contributed by atoms with van der Waals surface area (Å²) in [5, 5.41) is 4.49. The molecule has 94 valence electrons. The standard InChI is InChI=1S/C14H19ClIN/c1-2-17-14(10-5-3-4-6-10)12-9-11(15)7-8-13(12)16/h7-10,14,17H,2-6H2,1H3. The Morgan fingerprint density at radius 2 is 2.12 bits per heavy atom. The predicted molar refractivity (Wildman–Crippen MR) is 82.5 cm³/mol. The van der Waals surface area contributed by atoms with Gasteiger partial charge in [0.05, 0.1) is 0 Å². The summed E-state index contributed by atoms with van der Waals surface area (Å²) in [7, 11) is 0. The van der Waals surface area contributed by atoms with Crippen molar-refractivity contribution in [3.05, 3.63) is 32.4 Å². The minimum absolute atomic E-state index is 0.480. The molecule has 1 aromatic carbocycles. The van der Waals surface area contributed by atoms with Crippen LogP contribution in [0.3, 0.4) is 0 Å². The maximum Gasteiger partial charge on any atom is 0.0410 e. The van der Waals surface area contributed by atoms with E-state index in [0.717, 1.165) is 17.5 Å². The third-order valence-corrected chi connectivity index (χ3v) is 4.81. The number of halogens is 2. The number of hydrogen-bond acceptors (Lipinski definition) is 1. The third kappa shape index (κ3) is 3.36. The Balaban J connectivity index is 2.27. The van der Waals surface area contributed by atoms with Crippen molar-refractivity contribution >= 4 is 34.2 Å². The minimum Gasteiger partial charge on any atom is -0.310 e. The molecule has 3 heteroatoms. The second-order valence-corrected chi connectivity index (χ2v) is 6.34. The van der Waals surface area contributed by atoms with Crippen LogP contribution in [0.5, 0.6) is 0 Å². The van der Waals surface area contributed by atoms with E-state index in [1.807, 2.05) is 6.07 Å². The van der Waals surface area contributed by atoms with Gasteiger partial charge >= 0.3 is 0 Å². The summed E-state index contributed by atoms with van der Waals surface area (Å²) in [6.45, 7) is 3.20. The van der Waals surface area contributed by atoms with Crippen LogP contribution < -0.4 is 5.32 Å². The molecular formula is C14H19ClIN. The maximum atomic E-state index is 6.14. The summed E-state index contributed by atoms with van der Waals surface area (Å²) in [5.74, 6) is 0.780. The van der Waals surface area contributed by atoms with Gasteiger partial charge in [0.15, 0.2) is 0 Å². The minimum atomic E-state index is 0.480. The van der Waals surface area contributed by atoms with Gasteiger partial charge in [0.2, 0.25) is 0 Å². The highest BCUT2D eigenvalue weighted by Crippen LogP contribution is 2.37. The van der Waals surface area contributed by atoms with E-state index < -0.39 is 0 Å². The fourth-order valence-corrected chi connectivity index (χ4v) is 3.65. The molecule has 0 spiro atoms. The van der Waals surface area contributed by atoms with Crippen LogP contribution in [0, 0.1) is 9.49 Å². The van der Waals surface area contributed by atoms with Gasteiger partial charge in [0.25, 0.3) is 0 Å². The normalized spacial score (nSPS) is 18.5. The van der Waals surface area contributed by atoms with E-state index in [1.165, 1.54) is 34.8 Å². The van der Waals surface area contributed by atoms with Crippen molar-refractivity contribution in [3.63, 3.8) is 0 Å². The molecule has 1 aliphatic rings. The van der Waals surface area contributed by atoms with Crippen molar-refractivity contribution < 1.29 is 0 Å². The molecule has 1 aliphatic carbocycles. The Bertz CT molecular complexity index is 374. The SMILES string of the molecule is CCNC(c1cc(Cl)ccc1I)C1CCCC1. The Hall–Kier alpha value is 0.200. The smallest absolute Gasteiger partial charge is 0.0410 e. The highest BCUT2D eigenvalue weighted by atomic mass is 127. The second-order valence-electron chi connectivity index (χ2n) is 4.75. The number of nitrogens with one attached hydrogen (secondary N) is 1. The van der Waals surface area contributed by atoms with Crippen molar-refractivity contribution in [1.82, 2.24) is 5.32 Å². The van der Waals surface area contributed by atoms with E-state index in [9.17, 15) is 0 Å². The van der Waals surface area contributed by atoms with Crippen LogP contribution in [0.25, 0.3) is 0 Å². The van der Waals surface area contributed by atoms with Crippen molar-refractivity contribution in [2.45, 2.75) is 38.6 Å². The van der Waals surface area contributed by atoms with Gasteiger partial charge in [-0.15, -0.1) is 0 Å². The van der Waals surface area contributed by atoms with Gasteiger partial charge in [-0.25, -0.2) is 0 Å². The van der Waals surface area contributed by atoms with Crippen molar-refractivity contribution in [2.75, 3.05) is 6.54 Å². The molecule has 0 heterocycles. The van der Waals surface area contributed by atoms with E-state index in [1.54, 1.807) is 0 Å². The zero-order valence-corrected chi connectivity index (χ0v) is 13.1. The fourth-order valence-electron chi connectivity index (χ4n) is 2.79. The Kier molecular flexibility index (Phi) is 5.12. The molecular weight excluding hydrogens is 345 g/mol. The molecule has 17 heavy (non-hydrogen) atoms. The summed E-state index contributed by atoms with van der Waals surface area (Å²) < 4.78 is 1.32. The van der Waals surface area contributed by atoms with Gasteiger partial charge in [-0.2, -0.15) is 0 Å². The summed E-state index contributed by atoms with van der Waals surface area (Å²) in [5.41, 5.74) is 1.38. The average molecular weight is 364 g/mol. The van der Waals surface area contributed by atoms with E-state index in [-0.39, 0.29) is 0 Å². The first-order chi connectivity index (χ1) is 8.22. The van der Waals surface area contributed by atoms with Crippen LogP contribution in [0.15, 0.2) is 18.2 Å². The molecule has 1 saturated carbocycles. The molecule has 1 atom stereocenters. The summed E-state index contributed by atoms with van der Waals surface area (Å²) in [4.78, 5) is 0. The second kappa shape index (κ2) is 6.39. The van der Waals surface area contributed by atoms with Crippen molar-refractivity contribution in [3.8, 4) is 0 Å². The van der Waals surface area contributed by atoms with Crippen LogP contribution in [0.1, 0.15) is 44.2 Å². The zero-order chi connectivity index (χ0) is 12.3. The van der Waals surface area contributed by atoms with Crippen LogP contribution in [-0.2, 0) is 0 Å². The molecule has 1 N–H and O–H groups in total. The first kappa shape index (κ1) is 13.6. The highest BCUT2D eigenvalue weighted by Gasteiger charge is 2.26. The lowest BCUT2D eigenvalue weighted by Gasteiger charge is -2.26. The molecule has 1 unspecified atom stereocenters. The molecule has 0 saturated heterocycles. The molecule has 1 fully saturated rings. The van der Waals surface area contributed by atoms with E-state index in [4.69, 9.17) is 11.6 Å².